The molecule has 0 aliphatic heterocycles. The Balaban J connectivity index is 3.61. The lowest BCUT2D eigenvalue weighted by atomic mass is 10.2. The van der Waals surface area contributed by atoms with Gasteiger partial charge in [0.05, 0.1) is 6.10 Å². The summed E-state index contributed by atoms with van der Waals surface area (Å²) in [5, 5.41) is 18.2. The fourth-order valence-electron chi connectivity index (χ4n) is 1.96. The number of unbranched alkanes of at least 4 members (excludes halogenated alkanes) is 4. The number of carboxylic acids is 1. The SMILES string of the molecule is CCCCCC=CCC=CCC=CC(O)C=CCCCC(=O)O. The van der Waals surface area contributed by atoms with Gasteiger partial charge in [0.1, 0.15) is 0 Å². The molecule has 0 radical (unpaired) electrons. The summed E-state index contributed by atoms with van der Waals surface area (Å²) in [6.07, 6.45) is 23.6. The zero-order valence-corrected chi connectivity index (χ0v) is 14.4. The summed E-state index contributed by atoms with van der Waals surface area (Å²) >= 11 is 0. The molecule has 0 heterocycles. The Morgan fingerprint density at radius 3 is 2.17 bits per heavy atom. The Bertz CT molecular complexity index is 392. The van der Waals surface area contributed by atoms with E-state index in [1.807, 2.05) is 12.2 Å². The van der Waals surface area contributed by atoms with Crippen LogP contribution in [0.15, 0.2) is 48.6 Å². The topological polar surface area (TPSA) is 57.5 Å². The average Bonchev–Trinajstić information content (AvgIpc) is 2.52. The molecule has 3 nitrogen and oxygen atoms in total. The van der Waals surface area contributed by atoms with Gasteiger partial charge in [0.25, 0.3) is 0 Å². The van der Waals surface area contributed by atoms with Crippen molar-refractivity contribution in [3.63, 3.8) is 0 Å². The van der Waals surface area contributed by atoms with Crippen LogP contribution in [0.1, 0.15) is 64.7 Å². The largest absolute Gasteiger partial charge is 0.481 e. The first-order valence-corrected chi connectivity index (χ1v) is 8.70. The number of hydrogen-bond acceptors (Lipinski definition) is 2. The van der Waals surface area contributed by atoms with E-state index >= 15 is 0 Å². The zero-order valence-electron chi connectivity index (χ0n) is 14.4. The van der Waals surface area contributed by atoms with Crippen LogP contribution in [-0.2, 0) is 4.79 Å². The van der Waals surface area contributed by atoms with E-state index < -0.39 is 12.1 Å². The second-order valence-electron chi connectivity index (χ2n) is 5.54. The number of carbonyl (C=O) groups is 1. The first-order valence-electron chi connectivity index (χ1n) is 8.70. The van der Waals surface area contributed by atoms with Gasteiger partial charge in [-0.05, 0) is 38.5 Å². The normalized spacial score (nSPS) is 13.8. The summed E-state index contributed by atoms with van der Waals surface area (Å²) in [4.78, 5) is 10.3. The fourth-order valence-corrected chi connectivity index (χ4v) is 1.96. The molecule has 3 heteroatoms. The van der Waals surface area contributed by atoms with Crippen molar-refractivity contribution in [2.24, 2.45) is 0 Å². The number of aliphatic hydroxyl groups excluding tert-OH is 1. The second kappa shape index (κ2) is 16.8. The molecule has 2 N–H and O–H groups in total. The summed E-state index contributed by atoms with van der Waals surface area (Å²) < 4.78 is 0. The fraction of sp³-hybridized carbons (Fsp3) is 0.550. The van der Waals surface area contributed by atoms with Crippen LogP contribution in [-0.4, -0.2) is 22.3 Å². The monoisotopic (exact) mass is 320 g/mol. The third-order valence-electron chi connectivity index (χ3n) is 3.28. The van der Waals surface area contributed by atoms with E-state index in [2.05, 4.69) is 31.2 Å². The van der Waals surface area contributed by atoms with Gasteiger partial charge in [0, 0.05) is 6.42 Å². The number of carboxylic acid groups (broad SMARTS) is 1. The van der Waals surface area contributed by atoms with Gasteiger partial charge in [-0.15, -0.1) is 0 Å². The Morgan fingerprint density at radius 1 is 0.870 bits per heavy atom. The molecule has 0 aromatic rings. The van der Waals surface area contributed by atoms with E-state index in [0.717, 1.165) is 12.8 Å². The van der Waals surface area contributed by atoms with Crippen molar-refractivity contribution in [3.8, 4) is 0 Å². The molecule has 0 spiro atoms. The van der Waals surface area contributed by atoms with Crippen molar-refractivity contribution in [3.05, 3.63) is 48.6 Å². The van der Waals surface area contributed by atoms with E-state index in [-0.39, 0.29) is 6.42 Å². The maximum Gasteiger partial charge on any atom is 0.303 e. The molecule has 0 bridgehead atoms. The third-order valence-corrected chi connectivity index (χ3v) is 3.28. The lowest BCUT2D eigenvalue weighted by molar-refractivity contribution is -0.137. The van der Waals surface area contributed by atoms with Crippen molar-refractivity contribution in [2.75, 3.05) is 0 Å². The molecule has 1 unspecified atom stereocenters. The van der Waals surface area contributed by atoms with Crippen molar-refractivity contribution in [1.82, 2.24) is 0 Å². The molecule has 23 heavy (non-hydrogen) atoms. The van der Waals surface area contributed by atoms with Crippen LogP contribution in [0.25, 0.3) is 0 Å². The summed E-state index contributed by atoms with van der Waals surface area (Å²) in [5.74, 6) is -0.776. The highest BCUT2D eigenvalue weighted by atomic mass is 16.4. The van der Waals surface area contributed by atoms with Gasteiger partial charge in [-0.25, -0.2) is 0 Å². The van der Waals surface area contributed by atoms with Gasteiger partial charge >= 0.3 is 5.97 Å². The lowest BCUT2D eigenvalue weighted by Gasteiger charge is -1.96. The van der Waals surface area contributed by atoms with Crippen molar-refractivity contribution in [1.29, 1.82) is 0 Å². The number of aliphatic carboxylic acids is 1. The van der Waals surface area contributed by atoms with Crippen LogP contribution in [0.2, 0.25) is 0 Å². The van der Waals surface area contributed by atoms with E-state index in [9.17, 15) is 9.90 Å². The molecule has 0 saturated heterocycles. The smallest absolute Gasteiger partial charge is 0.303 e. The lowest BCUT2D eigenvalue weighted by Crippen LogP contribution is -1.96. The van der Waals surface area contributed by atoms with Gasteiger partial charge in [-0.3, -0.25) is 4.79 Å². The number of allylic oxidation sites excluding steroid dienone is 6. The minimum Gasteiger partial charge on any atom is -0.481 e. The second-order valence-corrected chi connectivity index (χ2v) is 5.54. The standard InChI is InChI=1S/C20H32O3/c1-2-3-4-5-6-7-8-9-10-11-13-16-19(21)17-14-12-15-18-20(22)23/h6-7,9-10,13-14,16-17,19,21H,2-5,8,11-12,15,18H2,1H3,(H,22,23). The van der Waals surface area contributed by atoms with Crippen LogP contribution in [0, 0.1) is 0 Å². The highest BCUT2D eigenvalue weighted by molar-refractivity contribution is 5.66. The predicted molar refractivity (Wildman–Crippen MR) is 97.4 cm³/mol. The van der Waals surface area contributed by atoms with Gasteiger partial charge in [-0.1, -0.05) is 68.4 Å². The molecule has 0 rings (SSSR count). The maximum atomic E-state index is 10.3. The van der Waals surface area contributed by atoms with Gasteiger partial charge in [-0.2, -0.15) is 0 Å². The van der Waals surface area contributed by atoms with Crippen LogP contribution in [0.3, 0.4) is 0 Å². The summed E-state index contributed by atoms with van der Waals surface area (Å²) in [7, 11) is 0. The third kappa shape index (κ3) is 18.3. The van der Waals surface area contributed by atoms with Crippen LogP contribution < -0.4 is 0 Å². The number of hydrogen-bond donors (Lipinski definition) is 2. The molecule has 130 valence electrons. The van der Waals surface area contributed by atoms with E-state index in [1.165, 1.54) is 25.7 Å². The predicted octanol–water partition coefficient (Wildman–Crippen LogP) is 5.19. The molecule has 1 atom stereocenters. The molecular formula is C20H32O3. The average molecular weight is 320 g/mol. The molecule has 0 amide bonds. The quantitative estimate of drug-likeness (QED) is 0.342. The van der Waals surface area contributed by atoms with E-state index in [4.69, 9.17) is 5.11 Å². The van der Waals surface area contributed by atoms with E-state index in [0.29, 0.717) is 12.8 Å². The Hall–Kier alpha value is -1.61. The van der Waals surface area contributed by atoms with E-state index in [1.54, 1.807) is 12.2 Å². The summed E-state index contributed by atoms with van der Waals surface area (Å²) in [6, 6.07) is 0. The van der Waals surface area contributed by atoms with Gasteiger partial charge < -0.3 is 10.2 Å². The molecule has 0 aliphatic rings. The molecule has 0 saturated carbocycles. The first-order chi connectivity index (χ1) is 11.2. The molecule has 0 fully saturated rings. The van der Waals surface area contributed by atoms with Crippen molar-refractivity contribution < 1.29 is 15.0 Å². The van der Waals surface area contributed by atoms with Crippen molar-refractivity contribution >= 4 is 5.97 Å². The number of rotatable bonds is 14. The zero-order chi connectivity index (χ0) is 17.2. The summed E-state index contributed by atoms with van der Waals surface area (Å²) in [5.41, 5.74) is 0. The summed E-state index contributed by atoms with van der Waals surface area (Å²) in [6.45, 7) is 2.21. The minimum atomic E-state index is -0.776. The van der Waals surface area contributed by atoms with Crippen LogP contribution in [0.4, 0.5) is 0 Å². The van der Waals surface area contributed by atoms with Gasteiger partial charge in [0.2, 0.25) is 0 Å². The number of aliphatic hydroxyl groups is 1. The molecule has 0 aromatic carbocycles. The van der Waals surface area contributed by atoms with Crippen molar-refractivity contribution in [2.45, 2.75) is 70.8 Å². The molecule has 0 aromatic heterocycles. The van der Waals surface area contributed by atoms with Gasteiger partial charge in [0.15, 0.2) is 0 Å². The van der Waals surface area contributed by atoms with Crippen LogP contribution in [0.5, 0.6) is 0 Å². The Kier molecular flexibility index (Phi) is 15.6. The molecular weight excluding hydrogens is 288 g/mol. The Labute approximate surface area is 141 Å². The highest BCUT2D eigenvalue weighted by Gasteiger charge is 1.94. The Morgan fingerprint density at radius 2 is 1.48 bits per heavy atom. The van der Waals surface area contributed by atoms with Crippen LogP contribution >= 0.6 is 0 Å². The highest BCUT2D eigenvalue weighted by Crippen LogP contribution is 2.01. The molecule has 0 aliphatic carbocycles. The maximum absolute atomic E-state index is 10.3. The first kappa shape index (κ1) is 21.4. The minimum absolute atomic E-state index is 0.175.